The van der Waals surface area contributed by atoms with Gasteiger partial charge in [0.2, 0.25) is 6.41 Å². The summed E-state index contributed by atoms with van der Waals surface area (Å²) >= 11 is 1.05. The molecule has 0 aromatic carbocycles. The normalized spacial score (nSPS) is 11.7. The van der Waals surface area contributed by atoms with E-state index in [2.05, 4.69) is 0 Å². The van der Waals surface area contributed by atoms with Gasteiger partial charge in [0.05, 0.1) is 6.61 Å². The van der Waals surface area contributed by atoms with Crippen LogP contribution in [0.5, 0.6) is 0 Å². The molecule has 0 heterocycles. The van der Waals surface area contributed by atoms with Crippen molar-refractivity contribution in [2.24, 2.45) is 5.41 Å². The molecule has 0 saturated carbocycles. The van der Waals surface area contributed by atoms with Gasteiger partial charge in [-0.15, -0.1) is 0 Å². The molecule has 0 fully saturated rings. The Morgan fingerprint density at radius 3 is 2.47 bits per heavy atom. The van der Waals surface area contributed by atoms with E-state index in [-0.39, 0.29) is 18.3 Å². The molecular formula is C10H17NO3S. The summed E-state index contributed by atoms with van der Waals surface area (Å²) in [6, 6.07) is 0. The summed E-state index contributed by atoms with van der Waals surface area (Å²) in [7, 11) is 0. The molecule has 0 radical (unpaired) electrons. The number of thioether (sulfide) groups is 1. The fraction of sp³-hybridized carbons (Fsp3) is 0.600. The van der Waals surface area contributed by atoms with E-state index in [1.165, 1.54) is 11.1 Å². The van der Waals surface area contributed by atoms with E-state index >= 15 is 0 Å². The van der Waals surface area contributed by atoms with E-state index in [0.717, 1.165) is 11.8 Å². The maximum Gasteiger partial charge on any atom is 0.213 e. The molecule has 1 N–H and O–H groups in total. The van der Waals surface area contributed by atoms with Crippen molar-refractivity contribution in [3.05, 3.63) is 11.6 Å². The van der Waals surface area contributed by atoms with Crippen LogP contribution in [0, 0.1) is 5.41 Å². The summed E-state index contributed by atoms with van der Waals surface area (Å²) in [5.74, 6) is 0. The maximum absolute atomic E-state index is 11.4. The number of aliphatic hydroxyl groups is 1. The van der Waals surface area contributed by atoms with Crippen LogP contribution >= 0.6 is 11.8 Å². The van der Waals surface area contributed by atoms with Gasteiger partial charge in [0.25, 0.3) is 0 Å². The molecule has 0 saturated heterocycles. The highest BCUT2D eigenvalue weighted by Crippen LogP contribution is 2.23. The molecule has 86 valence electrons. The quantitative estimate of drug-likeness (QED) is 0.723. The number of nitrogens with zero attached hydrogens (tertiary/aromatic N) is 1. The summed E-state index contributed by atoms with van der Waals surface area (Å²) in [4.78, 5) is 23.2. The van der Waals surface area contributed by atoms with E-state index in [9.17, 15) is 9.59 Å². The average molecular weight is 231 g/mol. The minimum absolute atomic E-state index is 0.0357. The number of hydrogen-bond donors (Lipinski definition) is 1. The average Bonchev–Trinajstić information content (AvgIpc) is 2.14. The van der Waals surface area contributed by atoms with Crippen molar-refractivity contribution in [1.82, 2.24) is 4.90 Å². The Morgan fingerprint density at radius 1 is 1.47 bits per heavy atom. The molecule has 0 unspecified atom stereocenters. The first-order valence-corrected chi connectivity index (χ1v) is 5.49. The van der Waals surface area contributed by atoms with Crippen molar-refractivity contribution in [2.45, 2.75) is 20.8 Å². The third-order valence-corrected chi connectivity index (χ3v) is 2.62. The number of rotatable bonds is 5. The topological polar surface area (TPSA) is 57.6 Å². The monoisotopic (exact) mass is 231 g/mol. The van der Waals surface area contributed by atoms with E-state index in [0.29, 0.717) is 6.41 Å². The Hall–Kier alpha value is -0.810. The smallest absolute Gasteiger partial charge is 0.213 e. The van der Waals surface area contributed by atoms with Crippen LogP contribution in [0.4, 0.5) is 0 Å². The SMILES string of the molecule is CC(C)(C)C(=O)SC=CN(C=O)CCO. The van der Waals surface area contributed by atoms with Gasteiger partial charge in [0.15, 0.2) is 5.12 Å². The van der Waals surface area contributed by atoms with Gasteiger partial charge in [0, 0.05) is 18.2 Å². The van der Waals surface area contributed by atoms with E-state index in [1.807, 2.05) is 20.8 Å². The van der Waals surface area contributed by atoms with Gasteiger partial charge in [0.1, 0.15) is 0 Å². The van der Waals surface area contributed by atoms with Crippen molar-refractivity contribution < 1.29 is 14.7 Å². The second-order valence-electron chi connectivity index (χ2n) is 4.01. The molecule has 15 heavy (non-hydrogen) atoms. The number of carbonyl (C=O) groups excluding carboxylic acids is 2. The Bertz CT molecular complexity index is 246. The van der Waals surface area contributed by atoms with Gasteiger partial charge in [-0.2, -0.15) is 0 Å². The van der Waals surface area contributed by atoms with Crippen LogP contribution in [0.1, 0.15) is 20.8 Å². The third kappa shape index (κ3) is 6.30. The van der Waals surface area contributed by atoms with Crippen LogP contribution in [0.15, 0.2) is 11.6 Å². The standard InChI is InChI=1S/C10H17NO3S/c1-10(2,3)9(14)15-7-5-11(8-13)4-6-12/h5,7-8,12H,4,6H2,1-3H3. The lowest BCUT2D eigenvalue weighted by Gasteiger charge is -2.14. The summed E-state index contributed by atoms with van der Waals surface area (Å²) < 4.78 is 0. The Morgan fingerprint density at radius 2 is 2.07 bits per heavy atom. The molecule has 0 aromatic rings. The van der Waals surface area contributed by atoms with Gasteiger partial charge in [-0.3, -0.25) is 9.59 Å². The van der Waals surface area contributed by atoms with Gasteiger partial charge in [-0.05, 0) is 5.41 Å². The first-order chi connectivity index (χ1) is 6.91. The lowest BCUT2D eigenvalue weighted by Crippen LogP contribution is -2.19. The highest BCUT2D eigenvalue weighted by atomic mass is 32.2. The van der Waals surface area contributed by atoms with Gasteiger partial charge < -0.3 is 10.0 Å². The van der Waals surface area contributed by atoms with E-state index < -0.39 is 5.41 Å². The molecule has 0 spiro atoms. The number of aliphatic hydroxyl groups excluding tert-OH is 1. The molecule has 0 atom stereocenters. The lowest BCUT2D eigenvalue weighted by molar-refractivity contribution is -0.117. The molecule has 0 aromatic heterocycles. The molecule has 1 amide bonds. The maximum atomic E-state index is 11.4. The highest BCUT2D eigenvalue weighted by Gasteiger charge is 2.20. The van der Waals surface area contributed by atoms with Crippen molar-refractivity contribution in [3.63, 3.8) is 0 Å². The molecule has 4 nitrogen and oxygen atoms in total. The zero-order valence-electron chi connectivity index (χ0n) is 9.27. The fourth-order valence-corrected chi connectivity index (χ4v) is 1.32. The van der Waals surface area contributed by atoms with Crippen LogP contribution < -0.4 is 0 Å². The first kappa shape index (κ1) is 14.2. The highest BCUT2D eigenvalue weighted by molar-refractivity contribution is 8.16. The van der Waals surface area contributed by atoms with Crippen LogP contribution in [-0.2, 0) is 9.59 Å². The number of hydrogen-bond acceptors (Lipinski definition) is 4. The summed E-state index contributed by atoms with van der Waals surface area (Å²) in [6.07, 6.45) is 2.09. The second kappa shape index (κ2) is 6.63. The minimum atomic E-state index is -0.391. The van der Waals surface area contributed by atoms with Crippen molar-refractivity contribution in [2.75, 3.05) is 13.2 Å². The third-order valence-electron chi connectivity index (χ3n) is 1.53. The Labute approximate surface area is 94.3 Å². The Kier molecular flexibility index (Phi) is 6.27. The zero-order valence-corrected chi connectivity index (χ0v) is 10.1. The van der Waals surface area contributed by atoms with Crippen molar-refractivity contribution in [1.29, 1.82) is 0 Å². The molecule has 0 aliphatic heterocycles. The minimum Gasteiger partial charge on any atom is -0.395 e. The lowest BCUT2D eigenvalue weighted by atomic mass is 10.00. The van der Waals surface area contributed by atoms with E-state index in [1.54, 1.807) is 5.41 Å². The number of amides is 1. The second-order valence-corrected chi connectivity index (χ2v) is 4.89. The van der Waals surface area contributed by atoms with Gasteiger partial charge >= 0.3 is 0 Å². The summed E-state index contributed by atoms with van der Waals surface area (Å²) in [5, 5.41) is 10.2. The van der Waals surface area contributed by atoms with Crippen molar-refractivity contribution in [3.8, 4) is 0 Å². The van der Waals surface area contributed by atoms with Crippen molar-refractivity contribution >= 4 is 23.3 Å². The molecule has 0 rings (SSSR count). The molecule has 0 aliphatic rings. The van der Waals surface area contributed by atoms with Crippen LogP contribution in [0.2, 0.25) is 0 Å². The summed E-state index contributed by atoms with van der Waals surface area (Å²) in [6.45, 7) is 5.65. The predicted octanol–water partition coefficient (Wildman–Crippen LogP) is 1.21. The first-order valence-electron chi connectivity index (χ1n) is 4.61. The summed E-state index contributed by atoms with van der Waals surface area (Å²) in [5.41, 5.74) is -0.391. The Balaban J connectivity index is 4.08. The number of carbonyl (C=O) groups is 2. The van der Waals surface area contributed by atoms with Crippen LogP contribution in [0.25, 0.3) is 0 Å². The zero-order chi connectivity index (χ0) is 11.9. The molecule has 0 aliphatic carbocycles. The molecule has 5 heteroatoms. The van der Waals surface area contributed by atoms with Crippen LogP contribution in [-0.4, -0.2) is 34.7 Å². The van der Waals surface area contributed by atoms with Gasteiger partial charge in [-0.25, -0.2) is 0 Å². The molecule has 0 bridgehead atoms. The van der Waals surface area contributed by atoms with Gasteiger partial charge in [-0.1, -0.05) is 32.5 Å². The largest absolute Gasteiger partial charge is 0.395 e. The fourth-order valence-electron chi connectivity index (χ4n) is 0.625. The molecular weight excluding hydrogens is 214 g/mol. The predicted molar refractivity (Wildman–Crippen MR) is 61.0 cm³/mol. The van der Waals surface area contributed by atoms with Crippen LogP contribution in [0.3, 0.4) is 0 Å². The van der Waals surface area contributed by atoms with E-state index in [4.69, 9.17) is 5.11 Å².